The van der Waals surface area contributed by atoms with Crippen molar-refractivity contribution in [3.63, 3.8) is 0 Å². The molecule has 0 aliphatic rings. The van der Waals surface area contributed by atoms with Crippen LogP contribution in [0.2, 0.25) is 0 Å². The van der Waals surface area contributed by atoms with Gasteiger partial charge in [0.2, 0.25) is 5.91 Å². The first kappa shape index (κ1) is 17.4. The number of rotatable bonds is 5. The van der Waals surface area contributed by atoms with E-state index in [1.165, 1.54) is 6.20 Å². The Balaban J connectivity index is 1.62. The van der Waals surface area contributed by atoms with Gasteiger partial charge in [0.05, 0.1) is 12.0 Å². The number of nitrogens with zero attached hydrogens (tertiary/aromatic N) is 1. The summed E-state index contributed by atoms with van der Waals surface area (Å²) in [5.41, 5.74) is 3.82. The Morgan fingerprint density at radius 3 is 2.35 bits per heavy atom. The molecule has 130 valence electrons. The minimum Gasteiger partial charge on any atom is -0.326 e. The van der Waals surface area contributed by atoms with Crippen LogP contribution in [0.25, 0.3) is 0 Å². The van der Waals surface area contributed by atoms with E-state index < -0.39 is 0 Å². The maximum atomic E-state index is 12.2. The lowest BCUT2D eigenvalue weighted by molar-refractivity contribution is -0.115. The van der Waals surface area contributed by atoms with E-state index >= 15 is 0 Å². The number of pyridine rings is 1. The maximum Gasteiger partial charge on any atom is 0.257 e. The summed E-state index contributed by atoms with van der Waals surface area (Å²) >= 11 is 0. The molecule has 0 bridgehead atoms. The van der Waals surface area contributed by atoms with E-state index in [0.717, 1.165) is 11.1 Å². The molecule has 0 atom stereocenters. The van der Waals surface area contributed by atoms with E-state index in [1.54, 1.807) is 42.6 Å². The van der Waals surface area contributed by atoms with Crippen molar-refractivity contribution in [1.29, 1.82) is 0 Å². The molecule has 1 aromatic heterocycles. The molecule has 0 saturated carbocycles. The monoisotopic (exact) mass is 345 g/mol. The number of carbonyl (C=O) groups is 2. The number of benzene rings is 2. The van der Waals surface area contributed by atoms with Crippen LogP contribution in [0.5, 0.6) is 0 Å². The highest BCUT2D eigenvalue weighted by atomic mass is 16.2. The Morgan fingerprint density at radius 2 is 1.65 bits per heavy atom. The van der Waals surface area contributed by atoms with Gasteiger partial charge in [-0.15, -0.1) is 0 Å². The molecule has 0 spiro atoms. The number of aryl methyl sites for hydroxylation is 1. The van der Waals surface area contributed by atoms with Crippen LogP contribution >= 0.6 is 0 Å². The predicted molar refractivity (Wildman–Crippen MR) is 102 cm³/mol. The summed E-state index contributed by atoms with van der Waals surface area (Å²) < 4.78 is 0. The SMILES string of the molecule is Cc1ccc(CC(=O)Nc2cccc(NC(=O)c3cccnc3)c2)cc1. The van der Waals surface area contributed by atoms with Crippen molar-refractivity contribution >= 4 is 23.2 Å². The maximum absolute atomic E-state index is 12.2. The van der Waals surface area contributed by atoms with Crippen molar-refractivity contribution in [2.24, 2.45) is 0 Å². The molecule has 26 heavy (non-hydrogen) atoms. The highest BCUT2D eigenvalue weighted by Crippen LogP contribution is 2.16. The second kappa shape index (κ2) is 8.07. The third-order valence-electron chi connectivity index (χ3n) is 3.81. The summed E-state index contributed by atoms with van der Waals surface area (Å²) in [6.07, 6.45) is 3.41. The van der Waals surface area contributed by atoms with Crippen molar-refractivity contribution in [3.8, 4) is 0 Å². The molecule has 0 radical (unpaired) electrons. The Labute approximate surface area is 152 Å². The summed E-state index contributed by atoms with van der Waals surface area (Å²) in [6.45, 7) is 2.01. The van der Waals surface area contributed by atoms with Crippen LogP contribution in [0.4, 0.5) is 11.4 Å². The number of hydrogen-bond donors (Lipinski definition) is 2. The van der Waals surface area contributed by atoms with Crippen molar-refractivity contribution < 1.29 is 9.59 Å². The van der Waals surface area contributed by atoms with Gasteiger partial charge in [0, 0.05) is 23.8 Å². The van der Waals surface area contributed by atoms with Gasteiger partial charge in [0.25, 0.3) is 5.91 Å². The van der Waals surface area contributed by atoms with E-state index in [-0.39, 0.29) is 11.8 Å². The second-order valence-electron chi connectivity index (χ2n) is 5.99. The number of amides is 2. The van der Waals surface area contributed by atoms with Gasteiger partial charge < -0.3 is 10.6 Å². The third kappa shape index (κ3) is 4.77. The number of nitrogens with one attached hydrogen (secondary N) is 2. The van der Waals surface area contributed by atoms with Gasteiger partial charge in [-0.1, -0.05) is 35.9 Å². The van der Waals surface area contributed by atoms with E-state index in [2.05, 4.69) is 15.6 Å². The summed E-state index contributed by atoms with van der Waals surface area (Å²) in [7, 11) is 0. The molecular formula is C21H19N3O2. The van der Waals surface area contributed by atoms with Crippen molar-refractivity contribution in [1.82, 2.24) is 4.98 Å². The van der Waals surface area contributed by atoms with E-state index in [4.69, 9.17) is 0 Å². The first-order valence-electron chi connectivity index (χ1n) is 8.27. The number of aromatic nitrogens is 1. The van der Waals surface area contributed by atoms with Crippen LogP contribution < -0.4 is 10.6 Å². The summed E-state index contributed by atoms with van der Waals surface area (Å²) in [6, 6.07) is 18.3. The zero-order chi connectivity index (χ0) is 18.4. The van der Waals surface area contributed by atoms with Crippen LogP contribution in [0, 0.1) is 6.92 Å². The summed E-state index contributed by atoms with van der Waals surface area (Å²) in [5, 5.41) is 5.65. The number of anilines is 2. The lowest BCUT2D eigenvalue weighted by Gasteiger charge is -2.09. The van der Waals surface area contributed by atoms with Crippen LogP contribution in [0.1, 0.15) is 21.5 Å². The zero-order valence-electron chi connectivity index (χ0n) is 14.4. The fourth-order valence-corrected chi connectivity index (χ4v) is 2.47. The minimum absolute atomic E-state index is 0.107. The third-order valence-corrected chi connectivity index (χ3v) is 3.81. The molecule has 5 nitrogen and oxygen atoms in total. The highest BCUT2D eigenvalue weighted by Gasteiger charge is 2.08. The molecular weight excluding hydrogens is 326 g/mol. The fourth-order valence-electron chi connectivity index (χ4n) is 2.47. The van der Waals surface area contributed by atoms with Crippen LogP contribution in [0.15, 0.2) is 73.1 Å². The number of carbonyl (C=O) groups excluding carboxylic acids is 2. The Bertz CT molecular complexity index is 906. The Kier molecular flexibility index (Phi) is 5.39. The lowest BCUT2D eigenvalue weighted by Crippen LogP contribution is -2.15. The largest absolute Gasteiger partial charge is 0.326 e. The van der Waals surface area contributed by atoms with Gasteiger partial charge in [-0.3, -0.25) is 14.6 Å². The summed E-state index contributed by atoms with van der Waals surface area (Å²) in [4.78, 5) is 28.3. The van der Waals surface area contributed by atoms with Crippen LogP contribution in [-0.2, 0) is 11.2 Å². The molecule has 5 heteroatoms. The fraction of sp³-hybridized carbons (Fsp3) is 0.0952. The van der Waals surface area contributed by atoms with E-state index in [9.17, 15) is 9.59 Å². The Morgan fingerprint density at radius 1 is 0.923 bits per heavy atom. The average Bonchev–Trinajstić information content (AvgIpc) is 2.64. The molecule has 3 rings (SSSR count). The highest BCUT2D eigenvalue weighted by molar-refractivity contribution is 6.04. The minimum atomic E-state index is -0.249. The van der Waals surface area contributed by atoms with Gasteiger partial charge in [-0.25, -0.2) is 0 Å². The van der Waals surface area contributed by atoms with Crippen molar-refractivity contribution in [2.75, 3.05) is 10.6 Å². The van der Waals surface area contributed by atoms with Gasteiger partial charge in [-0.05, 0) is 42.8 Å². The Hall–Kier alpha value is -3.47. The normalized spacial score (nSPS) is 10.2. The van der Waals surface area contributed by atoms with Crippen molar-refractivity contribution in [3.05, 3.63) is 89.7 Å². The summed E-state index contributed by atoms with van der Waals surface area (Å²) in [5.74, 6) is -0.356. The molecule has 0 aliphatic heterocycles. The molecule has 2 aromatic carbocycles. The first-order valence-corrected chi connectivity index (χ1v) is 8.27. The predicted octanol–water partition coefficient (Wildman–Crippen LogP) is 3.82. The number of hydrogen-bond acceptors (Lipinski definition) is 3. The molecule has 2 amide bonds. The molecule has 0 saturated heterocycles. The zero-order valence-corrected chi connectivity index (χ0v) is 14.4. The van der Waals surface area contributed by atoms with Gasteiger partial charge >= 0.3 is 0 Å². The first-order chi connectivity index (χ1) is 12.6. The molecule has 3 aromatic rings. The topological polar surface area (TPSA) is 71.1 Å². The van der Waals surface area contributed by atoms with E-state index in [0.29, 0.717) is 23.4 Å². The van der Waals surface area contributed by atoms with Gasteiger partial charge in [0.1, 0.15) is 0 Å². The molecule has 0 aliphatic carbocycles. The van der Waals surface area contributed by atoms with Crippen molar-refractivity contribution in [2.45, 2.75) is 13.3 Å². The molecule has 0 unspecified atom stereocenters. The van der Waals surface area contributed by atoms with Crippen LogP contribution in [-0.4, -0.2) is 16.8 Å². The van der Waals surface area contributed by atoms with Gasteiger partial charge in [-0.2, -0.15) is 0 Å². The lowest BCUT2D eigenvalue weighted by atomic mass is 10.1. The second-order valence-corrected chi connectivity index (χ2v) is 5.99. The van der Waals surface area contributed by atoms with Crippen LogP contribution in [0.3, 0.4) is 0 Å². The van der Waals surface area contributed by atoms with Gasteiger partial charge in [0.15, 0.2) is 0 Å². The molecule has 2 N–H and O–H groups in total. The standard InChI is InChI=1S/C21H19N3O2/c1-15-7-9-16(10-8-15)12-20(25)23-18-5-2-6-19(13-18)24-21(26)17-4-3-11-22-14-17/h2-11,13-14H,12H2,1H3,(H,23,25)(H,24,26). The quantitative estimate of drug-likeness (QED) is 0.738. The molecule has 1 heterocycles. The van der Waals surface area contributed by atoms with E-state index in [1.807, 2.05) is 31.2 Å². The molecule has 0 fully saturated rings. The smallest absolute Gasteiger partial charge is 0.257 e. The average molecular weight is 345 g/mol.